The van der Waals surface area contributed by atoms with E-state index in [9.17, 15) is 0 Å². The lowest BCUT2D eigenvalue weighted by Crippen LogP contribution is -3.15. The summed E-state index contributed by atoms with van der Waals surface area (Å²) in [7, 11) is 0. The summed E-state index contributed by atoms with van der Waals surface area (Å²) >= 11 is 6.10. The number of nitrogens with one attached hydrogen (secondary N) is 1. The fourth-order valence-electron chi connectivity index (χ4n) is 4.46. The summed E-state index contributed by atoms with van der Waals surface area (Å²) in [5.74, 6) is 2.76. The zero-order valence-electron chi connectivity index (χ0n) is 12.5. The van der Waals surface area contributed by atoms with Crippen molar-refractivity contribution in [3.8, 4) is 0 Å². The molecule has 21 heavy (non-hydrogen) atoms. The maximum atomic E-state index is 6.10. The van der Waals surface area contributed by atoms with Crippen molar-refractivity contribution in [3.05, 3.63) is 41.4 Å². The number of hydrogen-bond acceptors (Lipinski definition) is 1. The molecule has 0 aromatic heterocycles. The zero-order chi connectivity index (χ0) is 14.2. The summed E-state index contributed by atoms with van der Waals surface area (Å²) in [4.78, 5) is 4.29. The maximum Gasteiger partial charge on any atom is 0.0949 e. The van der Waals surface area contributed by atoms with Gasteiger partial charge in [0.15, 0.2) is 0 Å². The van der Waals surface area contributed by atoms with Crippen LogP contribution in [0.5, 0.6) is 0 Å². The standard InChI is InChI=1S/C18H23ClN2/c19-17-2-1-3-18(12-17)21-8-6-20(7-9-21)13-16-11-14-4-5-15(16)10-14/h1-5,12,14-16H,6-11,13H2/p+1/t14-,15+,16-/m1/s1. The molecule has 1 heterocycles. The quantitative estimate of drug-likeness (QED) is 0.842. The topological polar surface area (TPSA) is 7.68 Å². The predicted octanol–water partition coefficient (Wildman–Crippen LogP) is 2.26. The smallest absolute Gasteiger partial charge is 0.0949 e. The van der Waals surface area contributed by atoms with E-state index in [0.29, 0.717) is 0 Å². The molecule has 112 valence electrons. The molecule has 0 spiro atoms. The minimum absolute atomic E-state index is 0.844. The molecule has 4 rings (SSSR count). The first-order valence-corrected chi connectivity index (χ1v) is 8.68. The number of hydrogen-bond donors (Lipinski definition) is 1. The second kappa shape index (κ2) is 5.66. The van der Waals surface area contributed by atoms with E-state index in [1.54, 1.807) is 4.90 Å². The van der Waals surface area contributed by atoms with Crippen LogP contribution >= 0.6 is 11.6 Å². The van der Waals surface area contributed by atoms with Gasteiger partial charge in [-0.2, -0.15) is 0 Å². The molecule has 0 amide bonds. The van der Waals surface area contributed by atoms with Gasteiger partial charge in [-0.3, -0.25) is 0 Å². The van der Waals surface area contributed by atoms with Crippen molar-refractivity contribution in [2.75, 3.05) is 37.6 Å². The first-order valence-electron chi connectivity index (χ1n) is 8.30. The van der Waals surface area contributed by atoms with Crippen LogP contribution in [0.15, 0.2) is 36.4 Å². The third-order valence-corrected chi connectivity index (χ3v) is 5.85. The highest BCUT2D eigenvalue weighted by molar-refractivity contribution is 6.30. The Balaban J connectivity index is 1.32. The highest BCUT2D eigenvalue weighted by Gasteiger charge is 2.38. The number of benzene rings is 1. The Morgan fingerprint density at radius 2 is 2.00 bits per heavy atom. The molecular formula is C18H24ClN2+. The van der Waals surface area contributed by atoms with Gasteiger partial charge in [-0.15, -0.1) is 0 Å². The van der Waals surface area contributed by atoms with E-state index in [0.717, 1.165) is 35.9 Å². The van der Waals surface area contributed by atoms with Crippen LogP contribution in [0.3, 0.4) is 0 Å². The van der Waals surface area contributed by atoms with Gasteiger partial charge in [-0.25, -0.2) is 0 Å². The van der Waals surface area contributed by atoms with Crippen LogP contribution < -0.4 is 9.80 Å². The van der Waals surface area contributed by atoms with Crippen molar-refractivity contribution in [3.63, 3.8) is 0 Å². The molecule has 1 N–H and O–H groups in total. The van der Waals surface area contributed by atoms with E-state index in [2.05, 4.69) is 35.3 Å². The van der Waals surface area contributed by atoms with Crippen LogP contribution in [0.4, 0.5) is 5.69 Å². The summed E-state index contributed by atoms with van der Waals surface area (Å²) in [5, 5.41) is 0.844. The Hall–Kier alpha value is -0.990. The molecule has 1 aromatic carbocycles. The molecular weight excluding hydrogens is 280 g/mol. The van der Waals surface area contributed by atoms with Crippen LogP contribution in [0.2, 0.25) is 5.02 Å². The lowest BCUT2D eigenvalue weighted by Gasteiger charge is -2.35. The number of anilines is 1. The molecule has 2 bridgehead atoms. The van der Waals surface area contributed by atoms with E-state index in [1.165, 1.54) is 38.2 Å². The van der Waals surface area contributed by atoms with Gasteiger partial charge in [0.2, 0.25) is 0 Å². The van der Waals surface area contributed by atoms with E-state index < -0.39 is 0 Å². The molecule has 2 nitrogen and oxygen atoms in total. The third kappa shape index (κ3) is 2.84. The first-order chi connectivity index (χ1) is 10.3. The average Bonchev–Trinajstić information content (AvgIpc) is 3.11. The van der Waals surface area contributed by atoms with Crippen LogP contribution in [0, 0.1) is 17.8 Å². The lowest BCUT2D eigenvalue weighted by molar-refractivity contribution is -0.904. The number of quaternary nitrogens is 1. The molecule has 1 saturated carbocycles. The molecule has 3 heteroatoms. The summed E-state index contributed by atoms with van der Waals surface area (Å²) in [6.45, 7) is 6.24. The van der Waals surface area contributed by atoms with Crippen molar-refractivity contribution in [1.82, 2.24) is 0 Å². The molecule has 1 aromatic rings. The minimum atomic E-state index is 0.844. The summed E-state index contributed by atoms with van der Waals surface area (Å²) in [6.07, 6.45) is 7.82. The number of piperazine rings is 1. The maximum absolute atomic E-state index is 6.10. The van der Waals surface area contributed by atoms with E-state index in [4.69, 9.17) is 11.6 Å². The number of halogens is 1. The van der Waals surface area contributed by atoms with Gasteiger partial charge < -0.3 is 9.80 Å². The van der Waals surface area contributed by atoms with Gasteiger partial charge in [0, 0.05) is 16.6 Å². The van der Waals surface area contributed by atoms with Crippen molar-refractivity contribution in [1.29, 1.82) is 0 Å². The van der Waals surface area contributed by atoms with Gasteiger partial charge in [-0.1, -0.05) is 29.8 Å². The van der Waals surface area contributed by atoms with Crippen molar-refractivity contribution >= 4 is 17.3 Å². The summed E-state index contributed by atoms with van der Waals surface area (Å²) < 4.78 is 0. The SMILES string of the molecule is Clc1cccc(N2CC[NH+](C[C@H]3C[C@@H]4C=C[C@H]3C4)CC2)c1. The second-order valence-electron chi connectivity index (χ2n) is 6.96. The van der Waals surface area contributed by atoms with Crippen LogP contribution in [0.1, 0.15) is 12.8 Å². The second-order valence-corrected chi connectivity index (χ2v) is 7.40. The van der Waals surface area contributed by atoms with E-state index in [-0.39, 0.29) is 0 Å². The number of allylic oxidation sites excluding steroid dienone is 2. The summed E-state index contributed by atoms with van der Waals surface area (Å²) in [5.41, 5.74) is 1.28. The number of nitrogens with zero attached hydrogens (tertiary/aromatic N) is 1. The molecule has 3 aliphatic rings. The fraction of sp³-hybridized carbons (Fsp3) is 0.556. The minimum Gasteiger partial charge on any atom is -0.360 e. The predicted molar refractivity (Wildman–Crippen MR) is 88.1 cm³/mol. The Bertz CT molecular complexity index is 534. The van der Waals surface area contributed by atoms with Crippen molar-refractivity contribution in [2.24, 2.45) is 17.8 Å². The third-order valence-electron chi connectivity index (χ3n) is 5.61. The van der Waals surface area contributed by atoms with Gasteiger partial charge in [0.1, 0.15) is 0 Å². The summed E-state index contributed by atoms with van der Waals surface area (Å²) in [6, 6.07) is 8.28. The molecule has 1 saturated heterocycles. The molecule has 0 radical (unpaired) electrons. The molecule has 2 fully saturated rings. The van der Waals surface area contributed by atoms with Crippen molar-refractivity contribution < 1.29 is 4.90 Å². The highest BCUT2D eigenvalue weighted by Crippen LogP contribution is 2.42. The average molecular weight is 304 g/mol. The Labute approximate surface area is 132 Å². The number of rotatable bonds is 3. The molecule has 1 aliphatic heterocycles. The van der Waals surface area contributed by atoms with Crippen LogP contribution in [-0.2, 0) is 0 Å². The van der Waals surface area contributed by atoms with Crippen LogP contribution in [-0.4, -0.2) is 32.7 Å². The first kappa shape index (κ1) is 13.7. The Morgan fingerprint density at radius 3 is 2.67 bits per heavy atom. The molecule has 2 aliphatic carbocycles. The normalized spacial score (nSPS) is 32.0. The van der Waals surface area contributed by atoms with E-state index >= 15 is 0 Å². The Morgan fingerprint density at radius 1 is 1.14 bits per heavy atom. The number of fused-ring (bicyclic) bond motifs is 2. The molecule has 3 atom stereocenters. The Kier molecular flexibility index (Phi) is 3.68. The van der Waals surface area contributed by atoms with Crippen LogP contribution in [0.25, 0.3) is 0 Å². The van der Waals surface area contributed by atoms with Gasteiger partial charge in [0.05, 0.1) is 32.7 Å². The van der Waals surface area contributed by atoms with Crippen molar-refractivity contribution in [2.45, 2.75) is 12.8 Å². The van der Waals surface area contributed by atoms with Gasteiger partial charge >= 0.3 is 0 Å². The largest absolute Gasteiger partial charge is 0.360 e. The van der Waals surface area contributed by atoms with Gasteiger partial charge in [-0.05, 0) is 42.9 Å². The van der Waals surface area contributed by atoms with E-state index in [1.807, 2.05) is 6.07 Å². The lowest BCUT2D eigenvalue weighted by atomic mass is 9.93. The fourth-order valence-corrected chi connectivity index (χ4v) is 4.64. The highest BCUT2D eigenvalue weighted by atomic mass is 35.5. The monoisotopic (exact) mass is 303 g/mol. The van der Waals surface area contributed by atoms with Gasteiger partial charge in [0.25, 0.3) is 0 Å². The molecule has 0 unspecified atom stereocenters. The zero-order valence-corrected chi connectivity index (χ0v) is 13.2.